The molecule has 1 unspecified atom stereocenters. The van der Waals surface area contributed by atoms with E-state index in [2.05, 4.69) is 25.7 Å². The molecule has 2 aromatic heterocycles. The van der Waals surface area contributed by atoms with Crippen LogP contribution in [0.25, 0.3) is 0 Å². The molecule has 0 radical (unpaired) electrons. The smallest absolute Gasteiger partial charge is 0.352 e. The molecule has 2 atom stereocenters. The number of ether oxygens (including phenoxy) is 1. The molecule has 0 bridgehead atoms. The lowest BCUT2D eigenvalue weighted by atomic mass is 10.0. The minimum Gasteiger partial charge on any atom is -0.477 e. The van der Waals surface area contributed by atoms with Crippen LogP contribution in [0.4, 0.5) is 0 Å². The Labute approximate surface area is 194 Å². The molecule has 1 fully saturated rings. The number of methoxy groups -OCH3 is 1. The average Bonchev–Trinajstić information content (AvgIpc) is 3.38. The van der Waals surface area contributed by atoms with Crippen LogP contribution in [0.1, 0.15) is 16.7 Å². The Hall–Kier alpha value is -2.49. The van der Waals surface area contributed by atoms with Gasteiger partial charge in [-0.25, -0.2) is 4.79 Å². The first kappa shape index (κ1) is 22.7. The van der Waals surface area contributed by atoms with Gasteiger partial charge in [-0.2, -0.15) is 4.98 Å². The number of carboxylic acid groups (broad SMARTS) is 1. The van der Waals surface area contributed by atoms with E-state index < -0.39 is 29.2 Å². The molecule has 2 aliphatic heterocycles. The van der Waals surface area contributed by atoms with Gasteiger partial charge in [0.2, 0.25) is 11.8 Å². The molecular weight excluding hydrogens is 480 g/mol. The van der Waals surface area contributed by atoms with Crippen LogP contribution in [0.15, 0.2) is 20.1 Å². The van der Waals surface area contributed by atoms with Crippen molar-refractivity contribution in [3.63, 3.8) is 0 Å². The second-order valence-corrected chi connectivity index (χ2v) is 10.3. The predicted molar refractivity (Wildman–Crippen MR) is 114 cm³/mol. The number of thioether (sulfide) groups is 2. The van der Waals surface area contributed by atoms with E-state index in [0.717, 1.165) is 9.35 Å². The Balaban J connectivity index is 1.39. The van der Waals surface area contributed by atoms with Crippen LogP contribution in [0.3, 0.4) is 0 Å². The summed E-state index contributed by atoms with van der Waals surface area (Å²) in [5.41, 5.74) is 0.602. The number of nitrogens with zero attached hydrogens (tertiary/aromatic N) is 5. The minimum absolute atomic E-state index is 0.0286. The molecular formula is C17H18N6O6S3. The summed E-state index contributed by atoms with van der Waals surface area (Å²) in [5.74, 6) is -0.872. The van der Waals surface area contributed by atoms with E-state index >= 15 is 0 Å². The summed E-state index contributed by atoms with van der Waals surface area (Å²) >= 11 is 4.22. The lowest BCUT2D eigenvalue weighted by Gasteiger charge is -2.49. The van der Waals surface area contributed by atoms with E-state index in [1.807, 2.05) is 6.92 Å². The number of nitrogens with one attached hydrogen (secondary N) is 1. The molecule has 2 N–H and O–H groups in total. The van der Waals surface area contributed by atoms with Gasteiger partial charge in [-0.15, -0.1) is 22.0 Å². The molecule has 12 nitrogen and oxygen atoms in total. The summed E-state index contributed by atoms with van der Waals surface area (Å²) in [7, 11) is 1.49. The van der Waals surface area contributed by atoms with Crippen molar-refractivity contribution in [2.75, 3.05) is 18.6 Å². The number of hydrogen-bond acceptors (Lipinski definition) is 12. The molecule has 4 rings (SSSR count). The highest BCUT2D eigenvalue weighted by Crippen LogP contribution is 2.41. The van der Waals surface area contributed by atoms with E-state index in [1.165, 1.54) is 46.9 Å². The van der Waals surface area contributed by atoms with Crippen molar-refractivity contribution in [3.05, 3.63) is 28.0 Å². The number of hydrogen-bond donors (Lipinski definition) is 2. The Bertz CT molecular complexity index is 1080. The van der Waals surface area contributed by atoms with Gasteiger partial charge >= 0.3 is 5.97 Å². The van der Waals surface area contributed by atoms with E-state index in [1.54, 1.807) is 0 Å². The third-order valence-electron chi connectivity index (χ3n) is 4.54. The highest BCUT2D eigenvalue weighted by molar-refractivity contribution is 8.01. The van der Waals surface area contributed by atoms with Gasteiger partial charge in [-0.3, -0.25) is 14.5 Å². The number of rotatable bonds is 9. The number of aromatic nitrogens is 4. The maximum atomic E-state index is 12.7. The molecule has 15 heteroatoms. The van der Waals surface area contributed by atoms with Gasteiger partial charge in [0.15, 0.2) is 10.2 Å². The monoisotopic (exact) mass is 498 g/mol. The van der Waals surface area contributed by atoms with E-state index in [4.69, 9.17) is 9.26 Å². The molecule has 0 aromatic carbocycles. The number of aryl methyl sites for hydroxylation is 1. The molecule has 1 saturated heterocycles. The van der Waals surface area contributed by atoms with Crippen LogP contribution in [0.2, 0.25) is 0 Å². The minimum atomic E-state index is -1.17. The molecule has 0 aliphatic carbocycles. The van der Waals surface area contributed by atoms with Crippen LogP contribution in [0, 0.1) is 6.92 Å². The maximum absolute atomic E-state index is 12.7. The van der Waals surface area contributed by atoms with Gasteiger partial charge in [0, 0.05) is 18.6 Å². The van der Waals surface area contributed by atoms with Crippen molar-refractivity contribution in [2.24, 2.45) is 0 Å². The van der Waals surface area contributed by atoms with Gasteiger partial charge in [-0.1, -0.05) is 28.3 Å². The van der Waals surface area contributed by atoms with E-state index in [9.17, 15) is 19.5 Å². The Kier molecular flexibility index (Phi) is 6.78. The highest BCUT2D eigenvalue weighted by atomic mass is 32.2. The fourth-order valence-corrected chi connectivity index (χ4v) is 6.49. The first-order valence-corrected chi connectivity index (χ1v) is 12.1. The Morgan fingerprint density at radius 1 is 1.41 bits per heavy atom. The topological polar surface area (TPSA) is 161 Å². The van der Waals surface area contributed by atoms with Gasteiger partial charge < -0.3 is 19.7 Å². The Morgan fingerprint density at radius 2 is 2.22 bits per heavy atom. The first-order valence-electron chi connectivity index (χ1n) is 9.30. The number of carboxylic acids is 1. The Morgan fingerprint density at radius 3 is 2.91 bits per heavy atom. The molecule has 0 spiro atoms. The third-order valence-corrected chi connectivity index (χ3v) is 7.94. The van der Waals surface area contributed by atoms with Crippen LogP contribution in [-0.4, -0.2) is 78.2 Å². The van der Waals surface area contributed by atoms with E-state index in [-0.39, 0.29) is 24.6 Å². The van der Waals surface area contributed by atoms with Crippen molar-refractivity contribution in [1.82, 2.24) is 30.6 Å². The van der Waals surface area contributed by atoms with Gasteiger partial charge in [0.25, 0.3) is 5.91 Å². The predicted octanol–water partition coefficient (Wildman–Crippen LogP) is 0.449. The van der Waals surface area contributed by atoms with Crippen LogP contribution in [0.5, 0.6) is 0 Å². The normalized spacial score (nSPS) is 20.2. The summed E-state index contributed by atoms with van der Waals surface area (Å²) in [6.07, 6.45) is -0.192. The number of carbonyl (C=O) groups excluding carboxylic acids is 2. The average molecular weight is 499 g/mol. The summed E-state index contributed by atoms with van der Waals surface area (Å²) in [4.78, 5) is 42.3. The molecule has 2 amide bonds. The number of carbonyl (C=O) groups is 3. The van der Waals surface area contributed by atoms with Crippen LogP contribution < -0.4 is 5.32 Å². The summed E-state index contributed by atoms with van der Waals surface area (Å²) < 4.78 is 10.6. The third kappa shape index (κ3) is 4.65. The standard InChI is InChI=1S/C17H18N6O6S3/c1-7-20-21-17(32-7)31-6-8-5-30-15-12(14(25)23(15)13(8)16(26)27)19-10(24)3-11-18-9(4-28-2)22-29-11/h12,15H,3-6H2,1-2H3,(H,19,24)(H,26,27)/t12?,15-/m0/s1. The number of amides is 2. The molecule has 0 saturated carbocycles. The number of aliphatic carboxylic acids is 1. The van der Waals surface area contributed by atoms with Gasteiger partial charge in [0.1, 0.15) is 35.1 Å². The molecule has 32 heavy (non-hydrogen) atoms. The van der Waals surface area contributed by atoms with Crippen molar-refractivity contribution >= 4 is 52.6 Å². The fourth-order valence-electron chi connectivity index (χ4n) is 3.19. The van der Waals surface area contributed by atoms with Crippen molar-refractivity contribution < 1.29 is 28.8 Å². The maximum Gasteiger partial charge on any atom is 0.352 e. The fraction of sp³-hybridized carbons (Fsp3) is 0.471. The largest absolute Gasteiger partial charge is 0.477 e. The van der Waals surface area contributed by atoms with Crippen molar-refractivity contribution in [1.29, 1.82) is 0 Å². The summed E-state index contributed by atoms with van der Waals surface area (Å²) in [6.45, 7) is 2.00. The van der Waals surface area contributed by atoms with Gasteiger partial charge in [-0.05, 0) is 12.5 Å². The second kappa shape index (κ2) is 9.56. The van der Waals surface area contributed by atoms with Gasteiger partial charge in [0.05, 0.1) is 0 Å². The SMILES string of the molecule is COCc1noc(CC(=O)NC2C(=O)N3C(C(=O)O)=C(CSc4nnc(C)s4)CS[C@@H]23)n1. The molecule has 2 aromatic rings. The molecule has 170 valence electrons. The number of fused-ring (bicyclic) bond motifs is 1. The van der Waals surface area contributed by atoms with Crippen LogP contribution in [-0.2, 0) is 32.1 Å². The lowest BCUT2D eigenvalue weighted by Crippen LogP contribution is -2.70. The zero-order valence-electron chi connectivity index (χ0n) is 16.9. The zero-order valence-corrected chi connectivity index (χ0v) is 19.4. The molecule has 2 aliphatic rings. The summed E-state index contributed by atoms with van der Waals surface area (Å²) in [5, 5.41) is 24.4. The lowest BCUT2D eigenvalue weighted by molar-refractivity contribution is -0.150. The molecule has 4 heterocycles. The van der Waals surface area contributed by atoms with Crippen molar-refractivity contribution in [3.8, 4) is 0 Å². The zero-order chi connectivity index (χ0) is 22.8. The van der Waals surface area contributed by atoms with Crippen LogP contribution >= 0.6 is 34.9 Å². The number of β-lactam (4-membered cyclic amide) rings is 1. The second-order valence-electron chi connectivity index (χ2n) is 6.80. The summed E-state index contributed by atoms with van der Waals surface area (Å²) in [6, 6.07) is -0.816. The first-order chi connectivity index (χ1) is 15.4. The van der Waals surface area contributed by atoms with E-state index in [0.29, 0.717) is 22.9 Å². The highest BCUT2D eigenvalue weighted by Gasteiger charge is 2.54. The quantitative estimate of drug-likeness (QED) is 0.363. The van der Waals surface area contributed by atoms with Crippen molar-refractivity contribution in [2.45, 2.75) is 35.7 Å².